The third kappa shape index (κ3) is 4.53. The first-order chi connectivity index (χ1) is 10.4. The molecule has 1 unspecified atom stereocenters. The zero-order valence-corrected chi connectivity index (χ0v) is 13.7. The van der Waals surface area contributed by atoms with E-state index in [0.29, 0.717) is 25.3 Å². The van der Waals surface area contributed by atoms with Crippen LogP contribution in [0.5, 0.6) is 0 Å². The van der Waals surface area contributed by atoms with Crippen LogP contribution in [-0.2, 0) is 14.6 Å². The lowest BCUT2D eigenvalue weighted by Crippen LogP contribution is -2.47. The molecule has 1 heterocycles. The van der Waals surface area contributed by atoms with E-state index < -0.39 is 9.84 Å². The van der Waals surface area contributed by atoms with Crippen molar-refractivity contribution >= 4 is 15.7 Å². The van der Waals surface area contributed by atoms with Gasteiger partial charge in [0.05, 0.1) is 18.1 Å². The zero-order chi connectivity index (χ0) is 16.2. The summed E-state index contributed by atoms with van der Waals surface area (Å²) in [6, 6.07) is 6.30. The molecule has 1 N–H and O–H groups in total. The van der Waals surface area contributed by atoms with Crippen LogP contribution in [0.15, 0.2) is 29.2 Å². The largest absolute Gasteiger partial charge is 0.379 e. The van der Waals surface area contributed by atoms with Crippen LogP contribution in [0.25, 0.3) is 0 Å². The number of sulfone groups is 1. The van der Waals surface area contributed by atoms with E-state index >= 15 is 0 Å². The summed E-state index contributed by atoms with van der Waals surface area (Å²) in [4.78, 5) is 14.6. The van der Waals surface area contributed by atoms with Crippen LogP contribution < -0.4 is 5.32 Å². The van der Waals surface area contributed by atoms with Crippen molar-refractivity contribution in [2.75, 3.05) is 39.1 Å². The van der Waals surface area contributed by atoms with Gasteiger partial charge in [-0.2, -0.15) is 0 Å². The Kier molecular flexibility index (Phi) is 5.55. The van der Waals surface area contributed by atoms with Crippen molar-refractivity contribution in [3.05, 3.63) is 29.8 Å². The number of nitrogens with one attached hydrogen (secondary N) is 1. The smallest absolute Gasteiger partial charge is 0.251 e. The van der Waals surface area contributed by atoms with Crippen molar-refractivity contribution in [3.63, 3.8) is 0 Å². The molecule has 22 heavy (non-hydrogen) atoms. The number of ether oxygens (including phenoxy) is 1. The third-order valence-corrected chi connectivity index (χ3v) is 4.86. The number of hydrogen-bond acceptors (Lipinski definition) is 5. The standard InChI is InChI=1S/C15H22N2O4S/c1-12(17-6-8-21-9-7-17)11-16-15(18)13-4-3-5-14(10-13)22(2,19)20/h3-5,10,12H,6-9,11H2,1-2H3,(H,16,18). The third-order valence-electron chi connectivity index (χ3n) is 3.75. The van der Waals surface area contributed by atoms with Crippen LogP contribution in [0.2, 0.25) is 0 Å². The Labute approximate surface area is 131 Å². The van der Waals surface area contributed by atoms with Gasteiger partial charge in [0.2, 0.25) is 0 Å². The highest BCUT2D eigenvalue weighted by atomic mass is 32.2. The number of morpholine rings is 1. The summed E-state index contributed by atoms with van der Waals surface area (Å²) in [5.74, 6) is -0.259. The van der Waals surface area contributed by atoms with E-state index in [4.69, 9.17) is 4.74 Å². The maximum absolute atomic E-state index is 12.2. The fourth-order valence-corrected chi connectivity index (χ4v) is 3.02. The van der Waals surface area contributed by atoms with Gasteiger partial charge < -0.3 is 10.1 Å². The van der Waals surface area contributed by atoms with Gasteiger partial charge in [-0.3, -0.25) is 9.69 Å². The predicted molar refractivity (Wildman–Crippen MR) is 83.7 cm³/mol. The molecule has 6 nitrogen and oxygen atoms in total. The molecule has 0 radical (unpaired) electrons. The Morgan fingerprint density at radius 1 is 1.36 bits per heavy atom. The minimum Gasteiger partial charge on any atom is -0.379 e. The molecule has 1 saturated heterocycles. The van der Waals surface area contributed by atoms with E-state index in [2.05, 4.69) is 17.1 Å². The summed E-state index contributed by atoms with van der Waals surface area (Å²) >= 11 is 0. The van der Waals surface area contributed by atoms with Crippen LogP contribution in [0.3, 0.4) is 0 Å². The quantitative estimate of drug-likeness (QED) is 0.855. The molecule has 1 fully saturated rings. The molecule has 1 aromatic rings. The van der Waals surface area contributed by atoms with Crippen LogP contribution in [0.4, 0.5) is 0 Å². The second-order valence-corrected chi connectivity index (χ2v) is 7.52. The van der Waals surface area contributed by atoms with E-state index in [0.717, 1.165) is 19.3 Å². The monoisotopic (exact) mass is 326 g/mol. The molecule has 2 rings (SSSR count). The summed E-state index contributed by atoms with van der Waals surface area (Å²) in [6.45, 7) is 5.73. The minimum atomic E-state index is -3.31. The second-order valence-electron chi connectivity index (χ2n) is 5.51. The first kappa shape index (κ1) is 16.9. The number of benzene rings is 1. The van der Waals surface area contributed by atoms with Crippen molar-refractivity contribution in [1.82, 2.24) is 10.2 Å². The SMILES string of the molecule is CC(CNC(=O)c1cccc(S(C)(=O)=O)c1)N1CCOCC1. The highest BCUT2D eigenvalue weighted by Crippen LogP contribution is 2.11. The van der Waals surface area contributed by atoms with Crippen molar-refractivity contribution in [2.24, 2.45) is 0 Å². The molecule has 1 aliphatic rings. The van der Waals surface area contributed by atoms with Gasteiger partial charge in [-0.1, -0.05) is 6.07 Å². The van der Waals surface area contributed by atoms with Gasteiger partial charge in [0.15, 0.2) is 9.84 Å². The van der Waals surface area contributed by atoms with Crippen LogP contribution >= 0.6 is 0 Å². The van der Waals surface area contributed by atoms with Crippen molar-refractivity contribution < 1.29 is 17.9 Å². The molecule has 0 bridgehead atoms. The summed E-state index contributed by atoms with van der Waals surface area (Å²) in [5.41, 5.74) is 0.358. The maximum atomic E-state index is 12.2. The summed E-state index contributed by atoms with van der Waals surface area (Å²) in [5, 5.41) is 2.86. The topological polar surface area (TPSA) is 75.7 Å². The molecular weight excluding hydrogens is 304 g/mol. The van der Waals surface area contributed by atoms with E-state index in [1.54, 1.807) is 12.1 Å². The molecule has 1 aromatic carbocycles. The van der Waals surface area contributed by atoms with Gasteiger partial charge in [-0.25, -0.2) is 8.42 Å². The Morgan fingerprint density at radius 2 is 2.05 bits per heavy atom. The molecule has 0 aromatic heterocycles. The molecule has 122 valence electrons. The Morgan fingerprint density at radius 3 is 2.68 bits per heavy atom. The molecule has 7 heteroatoms. The average Bonchev–Trinajstić information content (AvgIpc) is 2.52. The van der Waals surface area contributed by atoms with E-state index in [9.17, 15) is 13.2 Å². The zero-order valence-electron chi connectivity index (χ0n) is 12.9. The molecule has 1 aliphatic heterocycles. The lowest BCUT2D eigenvalue weighted by atomic mass is 10.2. The van der Waals surface area contributed by atoms with Crippen molar-refractivity contribution in [1.29, 1.82) is 0 Å². The Hall–Kier alpha value is -1.44. The average molecular weight is 326 g/mol. The van der Waals surface area contributed by atoms with E-state index in [1.165, 1.54) is 12.1 Å². The normalized spacial score (nSPS) is 17.9. The molecule has 0 spiro atoms. The maximum Gasteiger partial charge on any atom is 0.251 e. The van der Waals surface area contributed by atoms with Crippen LogP contribution in [0, 0.1) is 0 Å². The van der Waals surface area contributed by atoms with Gasteiger partial charge in [-0.15, -0.1) is 0 Å². The first-order valence-corrected chi connectivity index (χ1v) is 9.17. The summed E-state index contributed by atoms with van der Waals surface area (Å²) in [6.07, 6.45) is 1.13. The molecule has 0 aliphatic carbocycles. The van der Waals surface area contributed by atoms with Gasteiger partial charge in [-0.05, 0) is 25.1 Å². The van der Waals surface area contributed by atoms with Gasteiger partial charge in [0, 0.05) is 37.5 Å². The molecule has 1 atom stereocenters. The molecule has 0 saturated carbocycles. The highest BCUT2D eigenvalue weighted by Gasteiger charge is 2.18. The fraction of sp³-hybridized carbons (Fsp3) is 0.533. The second kappa shape index (κ2) is 7.21. The first-order valence-electron chi connectivity index (χ1n) is 7.28. The number of nitrogens with zero attached hydrogens (tertiary/aromatic N) is 1. The van der Waals surface area contributed by atoms with Gasteiger partial charge >= 0.3 is 0 Å². The number of amides is 1. The van der Waals surface area contributed by atoms with Gasteiger partial charge in [0.25, 0.3) is 5.91 Å². The molecular formula is C15H22N2O4S. The number of rotatable bonds is 5. The fourth-order valence-electron chi connectivity index (χ4n) is 2.36. The Balaban J connectivity index is 1.94. The molecule has 1 amide bonds. The van der Waals surface area contributed by atoms with Gasteiger partial charge in [0.1, 0.15) is 0 Å². The Bertz CT molecular complexity index is 624. The predicted octanol–water partition coefficient (Wildman–Crippen LogP) is 0.541. The van der Waals surface area contributed by atoms with Crippen molar-refractivity contribution in [2.45, 2.75) is 17.9 Å². The summed E-state index contributed by atoms with van der Waals surface area (Å²) < 4.78 is 28.4. The minimum absolute atomic E-state index is 0.154. The lowest BCUT2D eigenvalue weighted by Gasteiger charge is -2.32. The van der Waals surface area contributed by atoms with E-state index in [1.807, 2.05) is 0 Å². The van der Waals surface area contributed by atoms with Crippen LogP contribution in [-0.4, -0.2) is 64.4 Å². The highest BCUT2D eigenvalue weighted by molar-refractivity contribution is 7.90. The van der Waals surface area contributed by atoms with E-state index in [-0.39, 0.29) is 16.8 Å². The van der Waals surface area contributed by atoms with Crippen molar-refractivity contribution in [3.8, 4) is 0 Å². The van der Waals surface area contributed by atoms with Crippen LogP contribution in [0.1, 0.15) is 17.3 Å². The summed E-state index contributed by atoms with van der Waals surface area (Å²) in [7, 11) is -3.31. The number of hydrogen-bond donors (Lipinski definition) is 1. The lowest BCUT2D eigenvalue weighted by molar-refractivity contribution is 0.0204. The number of carbonyl (C=O) groups excluding carboxylic acids is 1. The number of carbonyl (C=O) groups is 1.